The van der Waals surface area contributed by atoms with Crippen molar-refractivity contribution >= 4 is 28.1 Å². The number of carbonyl (C=O) groups is 1. The third-order valence-electron chi connectivity index (χ3n) is 7.12. The lowest BCUT2D eigenvalue weighted by atomic mass is 9.90. The maximum atomic E-state index is 14.1. The van der Waals surface area contributed by atoms with Gasteiger partial charge in [-0.3, -0.25) is 0 Å². The molecule has 0 N–H and O–H groups in total. The summed E-state index contributed by atoms with van der Waals surface area (Å²) >= 11 is 0. The number of anilines is 2. The number of halogens is 1. The highest BCUT2D eigenvalue weighted by Gasteiger charge is 2.27. The molecular weight excluding hydrogens is 481 g/mol. The standard InChI is InChI=1S/C32H32FNO4/c1-22(28-15-6-10-23-9-3-4-14-29(23)28)8-5-13-27-20-34(30-17-16-24(33)18-31(30)38-27)25-11-7-12-26(19-25)37-21-32(35)36-2/h3-4,6-7,9-12,14-19,22,27H,5,8,13,20-21H2,1-2H3/t22-,27?/m0/s1. The van der Waals surface area contributed by atoms with Crippen LogP contribution in [0.4, 0.5) is 15.8 Å². The van der Waals surface area contributed by atoms with Crippen LogP contribution in [-0.2, 0) is 9.53 Å². The molecule has 5 rings (SSSR count). The smallest absolute Gasteiger partial charge is 0.343 e. The summed E-state index contributed by atoms with van der Waals surface area (Å²) in [5.74, 6) is 0.728. The summed E-state index contributed by atoms with van der Waals surface area (Å²) in [5.41, 5.74) is 3.06. The molecule has 6 heteroatoms. The summed E-state index contributed by atoms with van der Waals surface area (Å²) in [7, 11) is 1.33. The Labute approximate surface area is 222 Å². The molecule has 4 aromatic rings. The predicted molar refractivity (Wildman–Crippen MR) is 148 cm³/mol. The number of esters is 1. The average Bonchev–Trinajstić information content (AvgIpc) is 2.95. The highest BCUT2D eigenvalue weighted by Crippen LogP contribution is 2.40. The molecule has 0 saturated carbocycles. The molecule has 1 unspecified atom stereocenters. The maximum Gasteiger partial charge on any atom is 0.343 e. The number of rotatable bonds is 9. The second kappa shape index (κ2) is 11.5. The first-order valence-corrected chi connectivity index (χ1v) is 13.0. The summed E-state index contributed by atoms with van der Waals surface area (Å²) in [5, 5.41) is 2.57. The van der Waals surface area contributed by atoms with E-state index in [9.17, 15) is 9.18 Å². The third kappa shape index (κ3) is 5.75. The number of methoxy groups -OCH3 is 1. The highest BCUT2D eigenvalue weighted by molar-refractivity contribution is 5.86. The Morgan fingerprint density at radius 3 is 2.74 bits per heavy atom. The van der Waals surface area contributed by atoms with E-state index in [2.05, 4.69) is 59.0 Å². The van der Waals surface area contributed by atoms with Crippen molar-refractivity contribution in [3.63, 3.8) is 0 Å². The minimum atomic E-state index is -0.444. The van der Waals surface area contributed by atoms with Gasteiger partial charge in [-0.05, 0) is 65.8 Å². The van der Waals surface area contributed by atoms with Crippen molar-refractivity contribution in [3.8, 4) is 11.5 Å². The molecule has 2 atom stereocenters. The van der Waals surface area contributed by atoms with Crippen LogP contribution in [0.25, 0.3) is 10.8 Å². The monoisotopic (exact) mass is 513 g/mol. The largest absolute Gasteiger partial charge is 0.486 e. The highest BCUT2D eigenvalue weighted by atomic mass is 19.1. The number of fused-ring (bicyclic) bond motifs is 2. The fourth-order valence-corrected chi connectivity index (χ4v) is 5.15. The van der Waals surface area contributed by atoms with Crippen molar-refractivity contribution in [1.29, 1.82) is 0 Å². The Balaban J connectivity index is 1.29. The van der Waals surface area contributed by atoms with Crippen molar-refractivity contribution in [1.82, 2.24) is 0 Å². The van der Waals surface area contributed by atoms with Crippen molar-refractivity contribution < 1.29 is 23.4 Å². The summed E-state index contributed by atoms with van der Waals surface area (Å²) < 4.78 is 30.7. The first-order valence-electron chi connectivity index (χ1n) is 13.0. The fraction of sp³-hybridized carbons (Fsp3) is 0.281. The second-order valence-electron chi connectivity index (χ2n) is 9.73. The first kappa shape index (κ1) is 25.6. The molecule has 0 spiro atoms. The SMILES string of the molecule is COC(=O)COc1cccc(N2CC(CCC[C@H](C)c3cccc4ccccc34)Oc3cc(F)ccc32)c1. The molecule has 0 aromatic heterocycles. The fourth-order valence-electron chi connectivity index (χ4n) is 5.15. The van der Waals surface area contributed by atoms with Gasteiger partial charge in [0.25, 0.3) is 0 Å². The summed E-state index contributed by atoms with van der Waals surface area (Å²) in [6.07, 6.45) is 2.76. The van der Waals surface area contributed by atoms with Crippen LogP contribution in [0.1, 0.15) is 37.7 Å². The van der Waals surface area contributed by atoms with E-state index >= 15 is 0 Å². The van der Waals surface area contributed by atoms with Gasteiger partial charge in [0.1, 0.15) is 23.4 Å². The molecule has 196 valence electrons. The molecule has 4 aromatic carbocycles. The summed E-state index contributed by atoms with van der Waals surface area (Å²) in [6.45, 7) is 2.74. The van der Waals surface area contributed by atoms with Gasteiger partial charge in [0, 0.05) is 17.8 Å². The molecule has 0 saturated heterocycles. The molecule has 0 aliphatic carbocycles. The van der Waals surface area contributed by atoms with Gasteiger partial charge in [-0.2, -0.15) is 0 Å². The van der Waals surface area contributed by atoms with Gasteiger partial charge in [0.15, 0.2) is 6.61 Å². The second-order valence-corrected chi connectivity index (χ2v) is 9.73. The van der Waals surface area contributed by atoms with Crippen molar-refractivity contribution in [2.24, 2.45) is 0 Å². The molecule has 0 fully saturated rings. The van der Waals surface area contributed by atoms with Gasteiger partial charge in [-0.15, -0.1) is 0 Å². The maximum absolute atomic E-state index is 14.1. The number of carbonyl (C=O) groups excluding carboxylic acids is 1. The Bertz CT molecular complexity index is 1420. The average molecular weight is 514 g/mol. The van der Waals surface area contributed by atoms with E-state index in [-0.39, 0.29) is 18.5 Å². The van der Waals surface area contributed by atoms with Crippen LogP contribution in [0.2, 0.25) is 0 Å². The lowest BCUT2D eigenvalue weighted by Crippen LogP contribution is -2.37. The predicted octanol–water partition coefficient (Wildman–Crippen LogP) is 7.40. The quantitative estimate of drug-likeness (QED) is 0.218. The number of ether oxygens (including phenoxy) is 3. The van der Waals surface area contributed by atoms with Crippen LogP contribution >= 0.6 is 0 Å². The zero-order valence-corrected chi connectivity index (χ0v) is 21.7. The molecular formula is C32H32FNO4. The molecule has 1 aliphatic heterocycles. The topological polar surface area (TPSA) is 48.0 Å². The summed E-state index contributed by atoms with van der Waals surface area (Å²) in [4.78, 5) is 13.6. The van der Waals surface area contributed by atoms with E-state index in [1.54, 1.807) is 12.1 Å². The van der Waals surface area contributed by atoms with Gasteiger partial charge in [-0.1, -0.05) is 55.5 Å². The molecule has 0 amide bonds. The Morgan fingerprint density at radius 1 is 1.05 bits per heavy atom. The summed E-state index contributed by atoms with van der Waals surface area (Å²) in [6, 6.07) is 27.2. The molecule has 0 radical (unpaired) electrons. The third-order valence-corrected chi connectivity index (χ3v) is 7.12. The van der Waals surface area contributed by atoms with E-state index in [4.69, 9.17) is 9.47 Å². The van der Waals surface area contributed by atoms with E-state index in [1.807, 2.05) is 18.2 Å². The normalized spacial score (nSPS) is 15.4. The van der Waals surface area contributed by atoms with E-state index in [0.29, 0.717) is 24.0 Å². The number of hydrogen-bond donors (Lipinski definition) is 0. The van der Waals surface area contributed by atoms with Gasteiger partial charge < -0.3 is 19.1 Å². The van der Waals surface area contributed by atoms with Crippen molar-refractivity contribution in [3.05, 3.63) is 96.3 Å². The van der Waals surface area contributed by atoms with E-state index in [1.165, 1.54) is 35.6 Å². The number of nitrogens with zero attached hydrogens (tertiary/aromatic N) is 1. The van der Waals surface area contributed by atoms with Crippen LogP contribution in [0, 0.1) is 5.82 Å². The zero-order valence-electron chi connectivity index (χ0n) is 21.7. The van der Waals surface area contributed by atoms with Crippen molar-refractivity contribution in [2.75, 3.05) is 25.2 Å². The van der Waals surface area contributed by atoms with Gasteiger partial charge >= 0.3 is 5.97 Å². The molecule has 1 heterocycles. The Kier molecular flexibility index (Phi) is 7.78. The van der Waals surface area contributed by atoms with Crippen LogP contribution in [-0.4, -0.2) is 32.3 Å². The van der Waals surface area contributed by atoms with Gasteiger partial charge in [0.05, 0.1) is 19.3 Å². The number of hydrogen-bond acceptors (Lipinski definition) is 5. The number of benzene rings is 4. The van der Waals surface area contributed by atoms with Gasteiger partial charge in [-0.25, -0.2) is 9.18 Å². The Hall–Kier alpha value is -4.06. The van der Waals surface area contributed by atoms with E-state index in [0.717, 1.165) is 30.6 Å². The van der Waals surface area contributed by atoms with Crippen LogP contribution in [0.5, 0.6) is 11.5 Å². The Morgan fingerprint density at radius 2 is 1.87 bits per heavy atom. The lowest BCUT2D eigenvalue weighted by molar-refractivity contribution is -0.142. The molecule has 1 aliphatic rings. The first-order chi connectivity index (χ1) is 18.5. The lowest BCUT2D eigenvalue weighted by Gasteiger charge is -2.36. The van der Waals surface area contributed by atoms with Crippen LogP contribution in [0.15, 0.2) is 84.9 Å². The van der Waals surface area contributed by atoms with E-state index < -0.39 is 5.97 Å². The van der Waals surface area contributed by atoms with Crippen LogP contribution < -0.4 is 14.4 Å². The molecule has 0 bridgehead atoms. The minimum Gasteiger partial charge on any atom is -0.486 e. The van der Waals surface area contributed by atoms with Crippen molar-refractivity contribution in [2.45, 2.75) is 38.2 Å². The molecule has 38 heavy (non-hydrogen) atoms. The minimum absolute atomic E-state index is 0.0938. The molecule has 5 nitrogen and oxygen atoms in total. The van der Waals surface area contributed by atoms with Crippen LogP contribution in [0.3, 0.4) is 0 Å². The zero-order chi connectivity index (χ0) is 26.5. The van der Waals surface area contributed by atoms with Gasteiger partial charge in [0.2, 0.25) is 0 Å².